The van der Waals surface area contributed by atoms with Crippen molar-refractivity contribution in [1.82, 2.24) is 4.90 Å². The number of benzene rings is 2. The Bertz CT molecular complexity index is 1070. The van der Waals surface area contributed by atoms with Crippen molar-refractivity contribution in [3.05, 3.63) is 54.1 Å². The van der Waals surface area contributed by atoms with Gasteiger partial charge in [-0.25, -0.2) is 13.6 Å². The summed E-state index contributed by atoms with van der Waals surface area (Å²) in [6.07, 6.45) is -4.63. The summed E-state index contributed by atoms with van der Waals surface area (Å²) in [7, 11) is -3.92. The molecule has 2 aromatic rings. The predicted octanol–water partition coefficient (Wildman–Crippen LogP) is 2.64. The monoisotopic (exact) mass is 472 g/mol. The van der Waals surface area contributed by atoms with Crippen molar-refractivity contribution in [2.75, 3.05) is 30.3 Å². The largest absolute Gasteiger partial charge is 0.418 e. The SMILES string of the molecule is CCN(CCC(=O)Nc1cccc(S(N)(=O)=O)c1)CC(=O)Nc1ccccc1C(F)(F)F. The third kappa shape index (κ3) is 7.62. The van der Waals surface area contributed by atoms with Crippen LogP contribution in [0.2, 0.25) is 0 Å². The molecule has 2 amide bonds. The van der Waals surface area contributed by atoms with Gasteiger partial charge in [-0.3, -0.25) is 14.5 Å². The maximum atomic E-state index is 13.1. The van der Waals surface area contributed by atoms with Gasteiger partial charge in [-0.15, -0.1) is 0 Å². The standard InChI is InChI=1S/C20H23F3N4O4S/c1-2-27(13-19(29)26-17-9-4-3-8-16(17)20(21,22)23)11-10-18(28)25-14-6-5-7-15(12-14)32(24,30)31/h3-9,12H,2,10-11,13H2,1H3,(H,25,28)(H,26,29)(H2,24,30,31). The van der Waals surface area contributed by atoms with Crippen LogP contribution in [0.25, 0.3) is 0 Å². The first-order valence-electron chi connectivity index (χ1n) is 9.51. The van der Waals surface area contributed by atoms with Gasteiger partial charge in [0.1, 0.15) is 0 Å². The van der Waals surface area contributed by atoms with Crippen molar-refractivity contribution in [3.63, 3.8) is 0 Å². The molecule has 0 saturated heterocycles. The molecule has 0 fully saturated rings. The molecular formula is C20H23F3N4O4S. The number of anilines is 2. The molecule has 0 radical (unpaired) electrons. The number of hydrogen-bond acceptors (Lipinski definition) is 5. The fourth-order valence-electron chi connectivity index (χ4n) is 2.82. The molecule has 2 rings (SSSR count). The van der Waals surface area contributed by atoms with Gasteiger partial charge in [0, 0.05) is 18.7 Å². The first-order valence-corrected chi connectivity index (χ1v) is 11.1. The van der Waals surface area contributed by atoms with E-state index >= 15 is 0 Å². The fraction of sp³-hybridized carbons (Fsp3) is 0.300. The van der Waals surface area contributed by atoms with E-state index in [1.165, 1.54) is 42.5 Å². The highest BCUT2D eigenvalue weighted by atomic mass is 32.2. The molecule has 0 aromatic heterocycles. The highest BCUT2D eigenvalue weighted by Gasteiger charge is 2.33. The van der Waals surface area contributed by atoms with Crippen LogP contribution in [0.3, 0.4) is 0 Å². The highest BCUT2D eigenvalue weighted by Crippen LogP contribution is 2.34. The molecule has 0 saturated carbocycles. The molecule has 0 aliphatic rings. The third-order valence-corrected chi connectivity index (χ3v) is 5.33. The van der Waals surface area contributed by atoms with Crippen LogP contribution in [0.5, 0.6) is 0 Å². The number of halogens is 3. The van der Waals surface area contributed by atoms with Crippen LogP contribution in [-0.2, 0) is 25.8 Å². The number of hydrogen-bond donors (Lipinski definition) is 3. The number of nitrogens with one attached hydrogen (secondary N) is 2. The molecule has 0 atom stereocenters. The molecule has 0 heterocycles. The van der Waals surface area contributed by atoms with E-state index in [9.17, 15) is 31.2 Å². The van der Waals surface area contributed by atoms with E-state index in [4.69, 9.17) is 5.14 Å². The zero-order chi connectivity index (χ0) is 23.9. The fourth-order valence-corrected chi connectivity index (χ4v) is 3.37. The summed E-state index contributed by atoms with van der Waals surface area (Å²) in [5, 5.41) is 9.86. The lowest BCUT2D eigenvalue weighted by molar-refractivity contribution is -0.137. The van der Waals surface area contributed by atoms with Crippen LogP contribution < -0.4 is 15.8 Å². The van der Waals surface area contributed by atoms with Crippen LogP contribution >= 0.6 is 0 Å². The normalized spacial score (nSPS) is 11.9. The first-order chi connectivity index (χ1) is 14.9. The van der Waals surface area contributed by atoms with Crippen LogP contribution in [0.4, 0.5) is 24.5 Å². The van der Waals surface area contributed by atoms with Gasteiger partial charge >= 0.3 is 6.18 Å². The van der Waals surface area contributed by atoms with Gasteiger partial charge in [0.15, 0.2) is 0 Å². The number of primary sulfonamides is 1. The minimum atomic E-state index is -4.60. The summed E-state index contributed by atoms with van der Waals surface area (Å²) in [5.74, 6) is -1.08. The Balaban J connectivity index is 1.92. The van der Waals surface area contributed by atoms with Gasteiger partial charge in [-0.2, -0.15) is 13.2 Å². The second-order valence-corrected chi connectivity index (χ2v) is 8.39. The lowest BCUT2D eigenvalue weighted by Gasteiger charge is -2.20. The Labute approximate surface area is 183 Å². The Kier molecular flexibility index (Phi) is 8.36. The van der Waals surface area contributed by atoms with Crippen molar-refractivity contribution in [2.24, 2.45) is 5.14 Å². The van der Waals surface area contributed by atoms with Crippen molar-refractivity contribution >= 4 is 33.2 Å². The number of carbonyl (C=O) groups excluding carboxylic acids is 2. The Morgan fingerprint density at radius 1 is 1.03 bits per heavy atom. The number of rotatable bonds is 9. The summed E-state index contributed by atoms with van der Waals surface area (Å²) >= 11 is 0. The number of sulfonamides is 1. The van der Waals surface area contributed by atoms with Gasteiger partial charge in [0.2, 0.25) is 21.8 Å². The van der Waals surface area contributed by atoms with Gasteiger partial charge in [0.25, 0.3) is 0 Å². The minimum absolute atomic E-state index is 0.0279. The van der Waals surface area contributed by atoms with Crippen LogP contribution in [0.15, 0.2) is 53.4 Å². The third-order valence-electron chi connectivity index (χ3n) is 4.42. The summed E-state index contributed by atoms with van der Waals surface area (Å²) < 4.78 is 62.0. The maximum Gasteiger partial charge on any atom is 0.418 e. The number of amides is 2. The van der Waals surface area contributed by atoms with E-state index in [0.717, 1.165) is 6.07 Å². The number of para-hydroxylation sites is 1. The number of nitrogens with two attached hydrogens (primary N) is 1. The summed E-state index contributed by atoms with van der Waals surface area (Å²) in [5.41, 5.74) is -1.04. The molecule has 0 aliphatic heterocycles. The second-order valence-electron chi connectivity index (χ2n) is 6.83. The van der Waals surface area contributed by atoms with Gasteiger partial charge in [0.05, 0.1) is 22.7 Å². The van der Waals surface area contributed by atoms with Gasteiger partial charge in [-0.05, 0) is 36.9 Å². The van der Waals surface area contributed by atoms with Crippen molar-refractivity contribution in [3.8, 4) is 0 Å². The van der Waals surface area contributed by atoms with Crippen LogP contribution in [0, 0.1) is 0 Å². The first kappa shape index (κ1) is 25.3. The topological polar surface area (TPSA) is 122 Å². The van der Waals surface area contributed by atoms with E-state index in [0.29, 0.717) is 6.54 Å². The van der Waals surface area contributed by atoms with Crippen LogP contribution in [-0.4, -0.2) is 44.8 Å². The molecule has 0 bridgehead atoms. The van der Waals surface area contributed by atoms with E-state index in [1.54, 1.807) is 11.8 Å². The molecule has 0 spiro atoms. The molecule has 0 aliphatic carbocycles. The molecule has 8 nitrogen and oxygen atoms in total. The lowest BCUT2D eigenvalue weighted by atomic mass is 10.1. The summed E-state index contributed by atoms with van der Waals surface area (Å²) in [6, 6.07) is 10.1. The Morgan fingerprint density at radius 3 is 2.34 bits per heavy atom. The molecule has 32 heavy (non-hydrogen) atoms. The zero-order valence-corrected chi connectivity index (χ0v) is 18.0. The molecular weight excluding hydrogens is 449 g/mol. The average Bonchev–Trinajstić information content (AvgIpc) is 2.70. The predicted molar refractivity (Wildman–Crippen MR) is 113 cm³/mol. The number of nitrogens with zero attached hydrogens (tertiary/aromatic N) is 1. The zero-order valence-electron chi connectivity index (χ0n) is 17.1. The minimum Gasteiger partial charge on any atom is -0.326 e. The Hall–Kier alpha value is -2.96. The number of alkyl halides is 3. The van der Waals surface area contributed by atoms with Crippen molar-refractivity contribution in [1.29, 1.82) is 0 Å². The molecule has 174 valence electrons. The van der Waals surface area contributed by atoms with Gasteiger partial charge < -0.3 is 10.6 Å². The van der Waals surface area contributed by atoms with E-state index < -0.39 is 33.6 Å². The van der Waals surface area contributed by atoms with Crippen molar-refractivity contribution in [2.45, 2.75) is 24.4 Å². The highest BCUT2D eigenvalue weighted by molar-refractivity contribution is 7.89. The van der Waals surface area contributed by atoms with Crippen LogP contribution in [0.1, 0.15) is 18.9 Å². The van der Waals surface area contributed by atoms with E-state index in [-0.39, 0.29) is 35.8 Å². The molecule has 4 N–H and O–H groups in total. The summed E-state index contributed by atoms with van der Waals surface area (Å²) in [6.45, 7) is 2.06. The quantitative estimate of drug-likeness (QED) is 0.518. The lowest BCUT2D eigenvalue weighted by Crippen LogP contribution is -2.35. The molecule has 2 aromatic carbocycles. The van der Waals surface area contributed by atoms with E-state index in [1.807, 2.05) is 0 Å². The number of carbonyl (C=O) groups is 2. The number of likely N-dealkylation sites (N-methyl/N-ethyl adjacent to an activating group) is 1. The van der Waals surface area contributed by atoms with Crippen molar-refractivity contribution < 1.29 is 31.2 Å². The maximum absolute atomic E-state index is 13.1. The van der Waals surface area contributed by atoms with Gasteiger partial charge in [-0.1, -0.05) is 25.1 Å². The molecule has 0 unspecified atom stereocenters. The summed E-state index contributed by atoms with van der Waals surface area (Å²) in [4.78, 5) is 25.9. The van der Waals surface area contributed by atoms with E-state index in [2.05, 4.69) is 10.6 Å². The molecule has 12 heteroatoms. The smallest absolute Gasteiger partial charge is 0.326 e. The average molecular weight is 472 g/mol. The Morgan fingerprint density at radius 2 is 1.72 bits per heavy atom. The second kappa shape index (κ2) is 10.6.